The Bertz CT molecular complexity index is 1040. The zero-order valence-electron chi connectivity index (χ0n) is 17.1. The smallest absolute Gasteiger partial charge is 0.195 e. The summed E-state index contributed by atoms with van der Waals surface area (Å²) in [5.41, 5.74) is 5.23. The molecule has 0 saturated heterocycles. The van der Waals surface area contributed by atoms with E-state index >= 15 is 0 Å². The molecule has 0 aliphatic heterocycles. The van der Waals surface area contributed by atoms with E-state index in [0.29, 0.717) is 31.1 Å². The van der Waals surface area contributed by atoms with Gasteiger partial charge in [-0.15, -0.1) is 0 Å². The van der Waals surface area contributed by atoms with Crippen LogP contribution in [0.1, 0.15) is 23.6 Å². The molecule has 0 amide bonds. The van der Waals surface area contributed by atoms with Gasteiger partial charge in [-0.3, -0.25) is 4.79 Å². The van der Waals surface area contributed by atoms with Crippen LogP contribution in [0.15, 0.2) is 47.5 Å². The zero-order valence-corrected chi connectivity index (χ0v) is 17.1. The molecular formula is C23H28N4O2. The number of anilines is 1. The van der Waals surface area contributed by atoms with E-state index in [2.05, 4.69) is 46.8 Å². The molecule has 0 spiro atoms. The summed E-state index contributed by atoms with van der Waals surface area (Å²) in [6.45, 7) is 4.68. The van der Waals surface area contributed by atoms with E-state index in [1.807, 2.05) is 23.0 Å². The van der Waals surface area contributed by atoms with Gasteiger partial charge in [-0.2, -0.15) is 0 Å². The van der Waals surface area contributed by atoms with Crippen molar-refractivity contribution >= 4 is 16.7 Å². The van der Waals surface area contributed by atoms with Gasteiger partial charge < -0.3 is 19.9 Å². The fourth-order valence-corrected chi connectivity index (χ4v) is 4.07. The molecule has 0 bridgehead atoms. The van der Waals surface area contributed by atoms with Crippen molar-refractivity contribution in [2.45, 2.75) is 38.9 Å². The number of methoxy groups -OCH3 is 1. The molecule has 6 nitrogen and oxygen atoms in total. The van der Waals surface area contributed by atoms with Gasteiger partial charge in [-0.05, 0) is 37.0 Å². The summed E-state index contributed by atoms with van der Waals surface area (Å²) in [5.74, 6) is 0. The molecule has 0 atom stereocenters. The van der Waals surface area contributed by atoms with Crippen LogP contribution in [0.4, 0.5) is 5.69 Å². The highest BCUT2D eigenvalue weighted by atomic mass is 16.5. The molecular weight excluding hydrogens is 364 g/mol. The minimum absolute atomic E-state index is 0.0421. The predicted octanol–water partition coefficient (Wildman–Crippen LogP) is 2.73. The van der Waals surface area contributed by atoms with Crippen molar-refractivity contribution < 1.29 is 4.74 Å². The Balaban J connectivity index is 1.59. The SMILES string of the molecule is CCn1cc(CNCCOC)c(=O)c2cc(NC3Cc4ccccc4C3)cnc21. The van der Waals surface area contributed by atoms with Gasteiger partial charge in [0.25, 0.3) is 0 Å². The van der Waals surface area contributed by atoms with Crippen LogP contribution < -0.4 is 16.1 Å². The average Bonchev–Trinajstić information content (AvgIpc) is 3.15. The van der Waals surface area contributed by atoms with Gasteiger partial charge in [0, 0.05) is 44.5 Å². The minimum Gasteiger partial charge on any atom is -0.383 e. The Morgan fingerprint density at radius 2 is 2.00 bits per heavy atom. The van der Waals surface area contributed by atoms with Crippen molar-refractivity contribution in [3.63, 3.8) is 0 Å². The third kappa shape index (κ3) is 4.18. The lowest BCUT2D eigenvalue weighted by molar-refractivity contribution is 0.199. The van der Waals surface area contributed by atoms with Gasteiger partial charge >= 0.3 is 0 Å². The zero-order chi connectivity index (χ0) is 20.2. The number of benzene rings is 1. The van der Waals surface area contributed by atoms with E-state index in [0.717, 1.165) is 36.3 Å². The van der Waals surface area contributed by atoms with Crippen LogP contribution in [0.2, 0.25) is 0 Å². The van der Waals surface area contributed by atoms with Crippen molar-refractivity contribution in [3.8, 4) is 0 Å². The molecule has 3 aromatic rings. The maximum Gasteiger partial charge on any atom is 0.195 e. The summed E-state index contributed by atoms with van der Waals surface area (Å²) in [4.78, 5) is 17.7. The second-order valence-corrected chi connectivity index (χ2v) is 7.55. The number of aryl methyl sites for hydroxylation is 1. The Hall–Kier alpha value is -2.70. The molecule has 0 fully saturated rings. The number of rotatable bonds is 8. The molecule has 6 heteroatoms. The van der Waals surface area contributed by atoms with E-state index in [4.69, 9.17) is 4.74 Å². The van der Waals surface area contributed by atoms with Gasteiger partial charge in [0.05, 0.1) is 23.9 Å². The quantitative estimate of drug-likeness (QED) is 0.577. The molecule has 2 heterocycles. The fraction of sp³-hybridized carbons (Fsp3) is 0.391. The molecule has 2 N–H and O–H groups in total. The maximum atomic E-state index is 13.1. The van der Waals surface area contributed by atoms with Gasteiger partial charge in [0.1, 0.15) is 5.65 Å². The number of hydrogen-bond donors (Lipinski definition) is 2. The number of aromatic nitrogens is 2. The van der Waals surface area contributed by atoms with Crippen LogP contribution in [0.25, 0.3) is 11.0 Å². The number of fused-ring (bicyclic) bond motifs is 2. The molecule has 0 saturated carbocycles. The van der Waals surface area contributed by atoms with Crippen LogP contribution in [0.5, 0.6) is 0 Å². The normalized spacial score (nSPS) is 13.7. The molecule has 1 aliphatic carbocycles. The molecule has 4 rings (SSSR count). The van der Waals surface area contributed by atoms with Crippen LogP contribution in [0.3, 0.4) is 0 Å². The highest BCUT2D eigenvalue weighted by molar-refractivity contribution is 5.79. The highest BCUT2D eigenvalue weighted by Gasteiger charge is 2.21. The second kappa shape index (κ2) is 8.76. The van der Waals surface area contributed by atoms with Crippen LogP contribution in [-0.2, 0) is 30.7 Å². The number of nitrogens with zero attached hydrogens (tertiary/aromatic N) is 2. The first-order valence-electron chi connectivity index (χ1n) is 10.2. The average molecular weight is 393 g/mol. The summed E-state index contributed by atoms with van der Waals surface area (Å²) in [5, 5.41) is 7.51. The van der Waals surface area contributed by atoms with E-state index in [1.165, 1.54) is 11.1 Å². The maximum absolute atomic E-state index is 13.1. The number of ether oxygens (including phenoxy) is 1. The van der Waals surface area contributed by atoms with Crippen molar-refractivity contribution in [3.05, 3.63) is 69.6 Å². The van der Waals surface area contributed by atoms with Gasteiger partial charge in [0.15, 0.2) is 5.43 Å². The first-order valence-corrected chi connectivity index (χ1v) is 10.2. The monoisotopic (exact) mass is 392 g/mol. The Morgan fingerprint density at radius 3 is 2.69 bits per heavy atom. The number of pyridine rings is 2. The van der Waals surface area contributed by atoms with Gasteiger partial charge in [-0.1, -0.05) is 24.3 Å². The summed E-state index contributed by atoms with van der Waals surface area (Å²) in [7, 11) is 1.67. The lowest BCUT2D eigenvalue weighted by Crippen LogP contribution is -2.25. The predicted molar refractivity (Wildman–Crippen MR) is 117 cm³/mol. The Labute approximate surface area is 170 Å². The molecule has 2 aromatic heterocycles. The lowest BCUT2D eigenvalue weighted by atomic mass is 10.1. The number of hydrogen-bond acceptors (Lipinski definition) is 5. The van der Waals surface area contributed by atoms with Crippen molar-refractivity contribution in [1.29, 1.82) is 0 Å². The Kier molecular flexibility index (Phi) is 5.92. The Morgan fingerprint density at radius 1 is 1.24 bits per heavy atom. The van der Waals surface area contributed by atoms with E-state index < -0.39 is 0 Å². The largest absolute Gasteiger partial charge is 0.383 e. The summed E-state index contributed by atoms with van der Waals surface area (Å²) < 4.78 is 7.10. The summed E-state index contributed by atoms with van der Waals surface area (Å²) in [6, 6.07) is 10.9. The first-order chi connectivity index (χ1) is 14.2. The standard InChI is InChI=1S/C23H28N4O2/c1-3-27-15-18(13-24-8-9-29-2)22(28)21-12-20(14-25-23(21)27)26-19-10-16-6-4-5-7-17(16)11-19/h4-7,12,14-15,19,24,26H,3,8-11,13H2,1-2H3. The molecule has 0 radical (unpaired) electrons. The van der Waals surface area contributed by atoms with E-state index in [9.17, 15) is 4.79 Å². The van der Waals surface area contributed by atoms with Crippen LogP contribution in [-0.4, -0.2) is 35.9 Å². The fourth-order valence-electron chi connectivity index (χ4n) is 4.07. The van der Waals surface area contributed by atoms with Gasteiger partial charge in [0.2, 0.25) is 0 Å². The lowest BCUT2D eigenvalue weighted by Gasteiger charge is -2.16. The molecule has 152 valence electrons. The van der Waals surface area contributed by atoms with Crippen LogP contribution >= 0.6 is 0 Å². The first kappa shape index (κ1) is 19.6. The number of nitrogens with one attached hydrogen (secondary N) is 2. The van der Waals surface area contributed by atoms with E-state index in [-0.39, 0.29) is 5.43 Å². The third-order valence-corrected chi connectivity index (χ3v) is 5.55. The molecule has 0 unspecified atom stereocenters. The third-order valence-electron chi connectivity index (χ3n) is 5.55. The summed E-state index contributed by atoms with van der Waals surface area (Å²) >= 11 is 0. The minimum atomic E-state index is 0.0421. The van der Waals surface area contributed by atoms with Gasteiger partial charge in [-0.25, -0.2) is 4.98 Å². The highest BCUT2D eigenvalue weighted by Crippen LogP contribution is 2.25. The second-order valence-electron chi connectivity index (χ2n) is 7.55. The molecule has 1 aromatic carbocycles. The van der Waals surface area contributed by atoms with Crippen LogP contribution in [0, 0.1) is 0 Å². The van der Waals surface area contributed by atoms with Crippen molar-refractivity contribution in [2.24, 2.45) is 0 Å². The van der Waals surface area contributed by atoms with Crippen molar-refractivity contribution in [1.82, 2.24) is 14.9 Å². The van der Waals surface area contributed by atoms with Crippen molar-refractivity contribution in [2.75, 3.05) is 25.6 Å². The summed E-state index contributed by atoms with van der Waals surface area (Å²) in [6.07, 6.45) is 5.75. The molecule has 29 heavy (non-hydrogen) atoms. The molecule has 1 aliphatic rings. The van der Waals surface area contributed by atoms with E-state index in [1.54, 1.807) is 7.11 Å². The topological polar surface area (TPSA) is 68.2 Å².